The average Bonchev–Trinajstić information content (AvgIpc) is 2.93. The number of Topliss-reactive ketones (excluding diaryl/α,β-unsaturated/α-hetero) is 2. The molecule has 7 heteroatoms. The van der Waals surface area contributed by atoms with Gasteiger partial charge in [0.1, 0.15) is 17.1 Å². The van der Waals surface area contributed by atoms with E-state index in [9.17, 15) is 14.4 Å². The third-order valence-electron chi connectivity index (χ3n) is 4.08. The molecular formula is C18H20BrNO5. The van der Waals surface area contributed by atoms with Gasteiger partial charge in [-0.3, -0.25) is 9.59 Å². The van der Waals surface area contributed by atoms with Crippen molar-refractivity contribution in [2.75, 3.05) is 0 Å². The van der Waals surface area contributed by atoms with Crippen LogP contribution < -0.4 is 0 Å². The summed E-state index contributed by atoms with van der Waals surface area (Å²) < 4.78 is 11.2. The summed E-state index contributed by atoms with van der Waals surface area (Å²) in [7, 11) is 0. The molecular weight excluding hydrogens is 390 g/mol. The second-order valence-corrected chi connectivity index (χ2v) is 6.79. The predicted octanol–water partition coefficient (Wildman–Crippen LogP) is 4.23. The van der Waals surface area contributed by atoms with Crippen molar-refractivity contribution >= 4 is 33.5 Å². The third-order valence-corrected chi connectivity index (χ3v) is 5.03. The van der Waals surface area contributed by atoms with Gasteiger partial charge in [0.05, 0.1) is 10.2 Å². The lowest BCUT2D eigenvalue weighted by molar-refractivity contribution is 0.0314. The van der Waals surface area contributed by atoms with Crippen LogP contribution in [0.5, 0.6) is 0 Å². The van der Waals surface area contributed by atoms with E-state index in [4.69, 9.17) is 9.15 Å². The number of furan rings is 1. The SMILES string of the molecule is CC(=O)c1c(C)[nH]c(C(=O)[C@H](C)OC(=O)c2c(C)oc(C)c2Br)c1C. The number of aromatic nitrogens is 1. The molecule has 0 radical (unpaired) electrons. The van der Waals surface area contributed by atoms with Crippen LogP contribution in [-0.2, 0) is 4.74 Å². The molecule has 25 heavy (non-hydrogen) atoms. The Morgan fingerprint density at radius 2 is 1.68 bits per heavy atom. The molecule has 0 aliphatic heterocycles. The smallest absolute Gasteiger partial charge is 0.343 e. The summed E-state index contributed by atoms with van der Waals surface area (Å²) in [6, 6.07) is 0. The molecule has 0 unspecified atom stereocenters. The molecule has 6 nitrogen and oxygen atoms in total. The molecule has 0 amide bonds. The zero-order chi connectivity index (χ0) is 19.0. The Morgan fingerprint density at radius 3 is 2.12 bits per heavy atom. The molecule has 1 N–H and O–H groups in total. The van der Waals surface area contributed by atoms with Crippen molar-refractivity contribution in [3.8, 4) is 0 Å². The summed E-state index contributed by atoms with van der Waals surface area (Å²) in [6.07, 6.45) is -1.01. The standard InChI is InChI=1S/C18H20BrNO5/c1-7-13(9(3)21)8(2)20-16(7)17(22)12(6)25-18(23)14-10(4)24-11(5)15(14)19/h12,20H,1-6H3/t12-/m0/s1. The first-order chi connectivity index (χ1) is 11.6. The molecule has 0 aromatic carbocycles. The molecule has 0 spiro atoms. The van der Waals surface area contributed by atoms with E-state index >= 15 is 0 Å². The number of aryl methyl sites for hydroxylation is 3. The first kappa shape index (κ1) is 19.2. The molecule has 0 saturated carbocycles. The second kappa shape index (κ2) is 7.00. The Bertz CT molecular complexity index is 875. The molecule has 2 aromatic heterocycles. The van der Waals surface area contributed by atoms with Gasteiger partial charge in [0.15, 0.2) is 11.9 Å². The summed E-state index contributed by atoms with van der Waals surface area (Å²) in [6.45, 7) is 9.74. The van der Waals surface area contributed by atoms with E-state index in [0.717, 1.165) is 0 Å². The number of hydrogen-bond donors (Lipinski definition) is 1. The Hall–Kier alpha value is -2.15. The van der Waals surface area contributed by atoms with Crippen LogP contribution in [0.1, 0.15) is 67.8 Å². The maximum Gasteiger partial charge on any atom is 0.343 e. The molecule has 0 aliphatic carbocycles. The van der Waals surface area contributed by atoms with Gasteiger partial charge >= 0.3 is 5.97 Å². The third kappa shape index (κ3) is 3.46. The normalized spacial score (nSPS) is 12.1. The second-order valence-electron chi connectivity index (χ2n) is 6.00. The minimum atomic E-state index is -1.01. The summed E-state index contributed by atoms with van der Waals surface area (Å²) >= 11 is 3.29. The number of ether oxygens (including phenoxy) is 1. The zero-order valence-electron chi connectivity index (χ0n) is 15.0. The number of hydrogen-bond acceptors (Lipinski definition) is 5. The fourth-order valence-electron chi connectivity index (χ4n) is 2.89. The van der Waals surface area contributed by atoms with Gasteiger partial charge < -0.3 is 14.1 Å². The Kier molecular flexibility index (Phi) is 5.37. The van der Waals surface area contributed by atoms with E-state index in [1.54, 1.807) is 27.7 Å². The number of halogens is 1. The van der Waals surface area contributed by atoms with Gasteiger partial charge in [-0.15, -0.1) is 0 Å². The minimum Gasteiger partial charge on any atom is -0.465 e. The van der Waals surface area contributed by atoms with Crippen LogP contribution in [0.2, 0.25) is 0 Å². The van der Waals surface area contributed by atoms with Crippen LogP contribution in [0, 0.1) is 27.7 Å². The Labute approximate surface area is 154 Å². The maximum atomic E-state index is 12.6. The van der Waals surface area contributed by atoms with E-state index in [0.29, 0.717) is 32.8 Å². The number of rotatable bonds is 5. The van der Waals surface area contributed by atoms with Crippen LogP contribution in [0.15, 0.2) is 8.89 Å². The highest BCUT2D eigenvalue weighted by atomic mass is 79.9. The molecule has 0 saturated heterocycles. The van der Waals surface area contributed by atoms with Crippen molar-refractivity contribution < 1.29 is 23.5 Å². The molecule has 0 bridgehead atoms. The van der Waals surface area contributed by atoms with E-state index in [-0.39, 0.29) is 17.0 Å². The zero-order valence-corrected chi connectivity index (χ0v) is 16.6. The molecule has 2 heterocycles. The van der Waals surface area contributed by atoms with Crippen LogP contribution in [0.4, 0.5) is 0 Å². The van der Waals surface area contributed by atoms with Crippen molar-refractivity contribution in [3.63, 3.8) is 0 Å². The van der Waals surface area contributed by atoms with Crippen LogP contribution in [0.25, 0.3) is 0 Å². The molecule has 1 atom stereocenters. The van der Waals surface area contributed by atoms with E-state index in [1.165, 1.54) is 13.8 Å². The van der Waals surface area contributed by atoms with Gasteiger partial charge in [-0.1, -0.05) is 0 Å². The fraction of sp³-hybridized carbons (Fsp3) is 0.389. The first-order valence-corrected chi connectivity index (χ1v) is 8.56. The number of nitrogens with one attached hydrogen (secondary N) is 1. The topological polar surface area (TPSA) is 89.4 Å². The minimum absolute atomic E-state index is 0.122. The molecule has 0 fully saturated rings. The van der Waals surface area contributed by atoms with Gasteiger partial charge in [-0.05, 0) is 63.0 Å². The number of carbonyl (C=O) groups excluding carboxylic acids is 3. The number of aromatic amines is 1. The van der Waals surface area contributed by atoms with Gasteiger partial charge in [-0.25, -0.2) is 4.79 Å². The van der Waals surface area contributed by atoms with Crippen molar-refractivity contribution in [2.24, 2.45) is 0 Å². The first-order valence-electron chi connectivity index (χ1n) is 7.77. The lowest BCUT2D eigenvalue weighted by Crippen LogP contribution is -2.25. The average molecular weight is 410 g/mol. The number of carbonyl (C=O) groups is 3. The van der Waals surface area contributed by atoms with Crippen LogP contribution in [0.3, 0.4) is 0 Å². The highest BCUT2D eigenvalue weighted by molar-refractivity contribution is 9.10. The Morgan fingerprint density at radius 1 is 1.08 bits per heavy atom. The van der Waals surface area contributed by atoms with Crippen LogP contribution in [-0.4, -0.2) is 28.6 Å². The predicted molar refractivity (Wildman–Crippen MR) is 95.4 cm³/mol. The maximum absolute atomic E-state index is 12.6. The highest BCUT2D eigenvalue weighted by Crippen LogP contribution is 2.28. The van der Waals surface area contributed by atoms with E-state index < -0.39 is 17.9 Å². The molecule has 134 valence electrons. The highest BCUT2D eigenvalue weighted by Gasteiger charge is 2.28. The lowest BCUT2D eigenvalue weighted by Gasteiger charge is -2.12. The van der Waals surface area contributed by atoms with Crippen LogP contribution >= 0.6 is 15.9 Å². The summed E-state index contributed by atoms with van der Waals surface area (Å²) in [5, 5.41) is 0. The van der Waals surface area contributed by atoms with Crippen molar-refractivity contribution in [3.05, 3.63) is 44.1 Å². The van der Waals surface area contributed by atoms with Gasteiger partial charge in [-0.2, -0.15) is 0 Å². The lowest BCUT2D eigenvalue weighted by atomic mass is 10.0. The largest absolute Gasteiger partial charge is 0.465 e. The van der Waals surface area contributed by atoms with Gasteiger partial charge in [0.25, 0.3) is 0 Å². The molecule has 0 aliphatic rings. The van der Waals surface area contributed by atoms with Crippen molar-refractivity contribution in [2.45, 2.75) is 47.6 Å². The van der Waals surface area contributed by atoms with E-state index in [2.05, 4.69) is 20.9 Å². The van der Waals surface area contributed by atoms with E-state index in [1.807, 2.05) is 0 Å². The number of esters is 1. The van der Waals surface area contributed by atoms with Gasteiger partial charge in [0.2, 0.25) is 5.78 Å². The van der Waals surface area contributed by atoms with Crippen molar-refractivity contribution in [1.29, 1.82) is 0 Å². The fourth-order valence-corrected chi connectivity index (χ4v) is 3.41. The summed E-state index contributed by atoms with van der Waals surface area (Å²) in [5.74, 6) is -0.182. The summed E-state index contributed by atoms with van der Waals surface area (Å²) in [5.41, 5.74) is 2.22. The molecule has 2 rings (SSSR count). The summed E-state index contributed by atoms with van der Waals surface area (Å²) in [4.78, 5) is 39.6. The monoisotopic (exact) mass is 409 g/mol. The Balaban J connectivity index is 2.25. The number of H-pyrrole nitrogens is 1. The number of ketones is 2. The van der Waals surface area contributed by atoms with Crippen molar-refractivity contribution in [1.82, 2.24) is 4.98 Å². The van der Waals surface area contributed by atoms with Gasteiger partial charge in [0, 0.05) is 11.3 Å². The molecule has 2 aromatic rings. The quantitative estimate of drug-likeness (QED) is 0.589.